The third-order valence-electron chi connectivity index (χ3n) is 2.72. The second-order valence-electron chi connectivity index (χ2n) is 6.42. The number of aromatic nitrogens is 1. The van der Waals surface area contributed by atoms with E-state index in [1.54, 1.807) is 0 Å². The quantitative estimate of drug-likeness (QED) is 0.767. The molecule has 0 N–H and O–H groups in total. The summed E-state index contributed by atoms with van der Waals surface area (Å²) in [5, 5.41) is 0. The molecule has 1 rings (SSSR count). The number of hydrogen-bond acceptors (Lipinski definition) is 1. The van der Waals surface area contributed by atoms with Gasteiger partial charge >= 0.3 is 99.5 Å². The summed E-state index contributed by atoms with van der Waals surface area (Å²) < 4.78 is 0.827. The molecule has 0 aliphatic carbocycles. The fourth-order valence-electron chi connectivity index (χ4n) is 2.73. The van der Waals surface area contributed by atoms with Crippen molar-refractivity contribution in [2.45, 2.75) is 38.0 Å². The Kier molecular flexibility index (Phi) is 4.04. The van der Waals surface area contributed by atoms with Gasteiger partial charge in [-0.05, 0) is 0 Å². The maximum atomic E-state index is 4.60. The van der Waals surface area contributed by atoms with Crippen LogP contribution in [0.4, 0.5) is 0 Å². The Bertz CT molecular complexity index is 297. The van der Waals surface area contributed by atoms with Gasteiger partial charge in [-0.15, -0.1) is 0 Å². The molecule has 1 heterocycles. The van der Waals surface area contributed by atoms with Crippen molar-refractivity contribution in [3.63, 3.8) is 0 Å². The summed E-state index contributed by atoms with van der Waals surface area (Å²) in [5.74, 6) is 0. The minimum absolute atomic E-state index is 0.827. The molecule has 84 valence electrons. The Balaban J connectivity index is 3.15. The monoisotopic (exact) mass is 329 g/mol. The zero-order chi connectivity index (χ0) is 11.7. The molecule has 0 aliphatic rings. The summed E-state index contributed by atoms with van der Waals surface area (Å²) in [6.45, 7) is 7.44. The maximum absolute atomic E-state index is 4.60. The Morgan fingerprint density at radius 3 is 2.07 bits per heavy atom. The summed E-state index contributed by atoms with van der Waals surface area (Å²) >= 11 is -1.92. The molecule has 1 unspecified atom stereocenters. The van der Waals surface area contributed by atoms with E-state index in [2.05, 4.69) is 51.6 Å². The Morgan fingerprint density at radius 2 is 1.73 bits per heavy atom. The van der Waals surface area contributed by atoms with Gasteiger partial charge in [-0.2, -0.15) is 0 Å². The topological polar surface area (TPSA) is 12.9 Å². The molecule has 3 heteroatoms. The van der Waals surface area contributed by atoms with Crippen molar-refractivity contribution < 1.29 is 0 Å². The standard InChI is InChI=1S/C9H14NSi.3CH3.Sn/c1-11(2,3)8-9-6-4-5-7-10-9;;;;/h4-8H,1-3H3;3*1H3;. The molecule has 0 radical (unpaired) electrons. The summed E-state index contributed by atoms with van der Waals surface area (Å²) in [6, 6.07) is 6.38. The van der Waals surface area contributed by atoms with Crippen LogP contribution in [0.25, 0.3) is 0 Å². The molecular formula is C12H23NSiSn. The van der Waals surface area contributed by atoms with Crippen LogP contribution in [-0.2, 0) is 0 Å². The molecule has 0 saturated carbocycles. The molecule has 0 bridgehead atoms. The van der Waals surface area contributed by atoms with Crippen LogP contribution in [0, 0.1) is 0 Å². The number of hydrogen-bond donors (Lipinski definition) is 0. The van der Waals surface area contributed by atoms with Gasteiger partial charge in [0.05, 0.1) is 0 Å². The van der Waals surface area contributed by atoms with E-state index in [4.69, 9.17) is 0 Å². The number of rotatable bonds is 3. The van der Waals surface area contributed by atoms with Crippen LogP contribution < -0.4 is 0 Å². The minimum atomic E-state index is -1.92. The zero-order valence-electron chi connectivity index (χ0n) is 10.8. The average molecular weight is 328 g/mol. The summed E-state index contributed by atoms with van der Waals surface area (Å²) in [7, 11) is -1.13. The fraction of sp³-hybridized carbons (Fsp3) is 0.583. The van der Waals surface area contributed by atoms with Crippen molar-refractivity contribution in [3.8, 4) is 0 Å². The van der Waals surface area contributed by atoms with E-state index < -0.39 is 26.5 Å². The van der Waals surface area contributed by atoms with Crippen molar-refractivity contribution >= 4 is 26.5 Å². The first kappa shape index (κ1) is 13.2. The fourth-order valence-corrected chi connectivity index (χ4v) is 31.7. The van der Waals surface area contributed by atoms with E-state index in [1.807, 2.05) is 12.3 Å². The number of pyridine rings is 1. The Hall–Kier alpha value is 0.166. The van der Waals surface area contributed by atoms with Crippen LogP contribution in [0.2, 0.25) is 34.5 Å². The van der Waals surface area contributed by atoms with Gasteiger partial charge in [0.1, 0.15) is 0 Å². The van der Waals surface area contributed by atoms with Crippen LogP contribution in [0.5, 0.6) is 0 Å². The second-order valence-corrected chi connectivity index (χ2v) is 28.5. The predicted octanol–water partition coefficient (Wildman–Crippen LogP) is 3.92. The van der Waals surface area contributed by atoms with Gasteiger partial charge in [0.15, 0.2) is 0 Å². The van der Waals surface area contributed by atoms with Crippen LogP contribution >= 0.6 is 0 Å². The molecule has 0 amide bonds. The molecule has 0 fully saturated rings. The van der Waals surface area contributed by atoms with E-state index in [9.17, 15) is 0 Å². The van der Waals surface area contributed by atoms with Crippen LogP contribution in [0.15, 0.2) is 24.4 Å². The Labute approximate surface area is 99.2 Å². The van der Waals surface area contributed by atoms with E-state index >= 15 is 0 Å². The molecule has 0 aromatic carbocycles. The molecule has 1 atom stereocenters. The third-order valence-corrected chi connectivity index (χ3v) is 23.8. The van der Waals surface area contributed by atoms with Gasteiger partial charge in [0, 0.05) is 0 Å². The number of nitrogens with zero attached hydrogens (tertiary/aromatic N) is 1. The first-order chi connectivity index (χ1) is 6.73. The summed E-state index contributed by atoms with van der Waals surface area (Å²) in [6.07, 6.45) is 1.94. The zero-order valence-corrected chi connectivity index (χ0v) is 14.7. The van der Waals surface area contributed by atoms with E-state index in [1.165, 1.54) is 5.69 Å². The average Bonchev–Trinajstić information content (AvgIpc) is 2.00. The van der Waals surface area contributed by atoms with Crippen molar-refractivity contribution in [1.29, 1.82) is 0 Å². The second kappa shape index (κ2) is 4.58. The van der Waals surface area contributed by atoms with Gasteiger partial charge in [-0.25, -0.2) is 0 Å². The normalized spacial score (nSPS) is 15.1. The predicted molar refractivity (Wildman–Crippen MR) is 73.7 cm³/mol. The van der Waals surface area contributed by atoms with Crippen LogP contribution in [0.3, 0.4) is 0 Å². The van der Waals surface area contributed by atoms with Gasteiger partial charge in [0.2, 0.25) is 0 Å². The summed E-state index contributed by atoms with van der Waals surface area (Å²) in [4.78, 5) is 12.2. The molecular weight excluding hydrogens is 305 g/mol. The SMILES string of the molecule is C[Si](C)(C)[CH](c1ccccn1)[Sn]([CH3])([CH3])[CH3]. The van der Waals surface area contributed by atoms with E-state index in [0.717, 1.165) is 3.56 Å². The van der Waals surface area contributed by atoms with Crippen molar-refractivity contribution in [3.05, 3.63) is 30.1 Å². The molecule has 0 spiro atoms. The van der Waals surface area contributed by atoms with Crippen LogP contribution in [0.1, 0.15) is 9.25 Å². The van der Waals surface area contributed by atoms with Crippen LogP contribution in [-0.4, -0.2) is 31.4 Å². The van der Waals surface area contributed by atoms with Crippen molar-refractivity contribution in [1.82, 2.24) is 4.98 Å². The third kappa shape index (κ3) is 3.59. The van der Waals surface area contributed by atoms with Gasteiger partial charge in [0.25, 0.3) is 0 Å². The van der Waals surface area contributed by atoms with E-state index in [0.29, 0.717) is 0 Å². The van der Waals surface area contributed by atoms with E-state index in [-0.39, 0.29) is 0 Å². The van der Waals surface area contributed by atoms with Gasteiger partial charge < -0.3 is 0 Å². The molecule has 1 nitrogen and oxygen atoms in total. The molecule has 1 aromatic rings. The van der Waals surface area contributed by atoms with Gasteiger partial charge in [-0.1, -0.05) is 0 Å². The van der Waals surface area contributed by atoms with Crippen molar-refractivity contribution in [2.75, 3.05) is 0 Å². The molecule has 15 heavy (non-hydrogen) atoms. The molecule has 0 saturated heterocycles. The molecule has 0 aliphatic heterocycles. The van der Waals surface area contributed by atoms with Crippen molar-refractivity contribution in [2.24, 2.45) is 0 Å². The first-order valence-corrected chi connectivity index (χ1v) is 19.4. The summed E-state index contributed by atoms with van der Waals surface area (Å²) in [5.41, 5.74) is 1.36. The van der Waals surface area contributed by atoms with Gasteiger partial charge in [-0.3, -0.25) is 0 Å². The first-order valence-electron chi connectivity index (χ1n) is 5.64. The molecule has 1 aromatic heterocycles. The Morgan fingerprint density at radius 1 is 1.13 bits per heavy atom.